The van der Waals surface area contributed by atoms with Crippen LogP contribution in [0.15, 0.2) is 53.4 Å². The van der Waals surface area contributed by atoms with Crippen LogP contribution in [0.5, 0.6) is 5.75 Å². The molecule has 2 N–H and O–H groups in total. The van der Waals surface area contributed by atoms with Gasteiger partial charge in [0, 0.05) is 88.5 Å². The van der Waals surface area contributed by atoms with Gasteiger partial charge in [-0.1, -0.05) is 11.9 Å². The number of benzene rings is 2. The maximum absolute atomic E-state index is 5.83. The molecule has 0 aliphatic carbocycles. The number of methoxy groups -OCH3 is 1. The van der Waals surface area contributed by atoms with Crippen LogP contribution in [0.3, 0.4) is 0 Å². The molecule has 4 aromatic rings. The third-order valence-electron chi connectivity index (χ3n) is 8.68. The van der Waals surface area contributed by atoms with E-state index in [9.17, 15) is 0 Å². The second-order valence-electron chi connectivity index (χ2n) is 11.3. The zero-order valence-corrected chi connectivity index (χ0v) is 28.7. The van der Waals surface area contributed by atoms with Crippen LogP contribution in [0.25, 0.3) is 11.0 Å². The number of aromatic nitrogens is 4. The van der Waals surface area contributed by atoms with Crippen molar-refractivity contribution in [3.05, 3.63) is 53.4 Å². The maximum Gasteiger partial charge on any atom is 0.229 e. The summed E-state index contributed by atoms with van der Waals surface area (Å²) < 4.78 is 8.76. The summed E-state index contributed by atoms with van der Waals surface area (Å²) in [6.07, 6.45) is 9.61. The van der Waals surface area contributed by atoms with Crippen LogP contribution < -0.4 is 24.6 Å². The molecule has 2 fully saturated rings. The molecule has 6 rings (SSSR count). The second-order valence-corrected chi connectivity index (χ2v) is 13.0. The SMILES string of the molecule is CCN(SC)c1c(Nc2nc(Nc3ccc(N4CCC(N5CCN(C)CC5)CC4)cc3OC)ncc2Br)ccc2nccnc12. The molecular weight excluding hydrogens is 652 g/mol. The van der Waals surface area contributed by atoms with Crippen molar-refractivity contribution in [2.75, 3.05) is 86.1 Å². The summed E-state index contributed by atoms with van der Waals surface area (Å²) in [5.74, 6) is 1.84. The highest BCUT2D eigenvalue weighted by atomic mass is 79.9. The van der Waals surface area contributed by atoms with Crippen LogP contribution >= 0.6 is 27.9 Å². The average molecular weight is 694 g/mol. The van der Waals surface area contributed by atoms with Crippen LogP contribution in [-0.4, -0.2) is 102 Å². The van der Waals surface area contributed by atoms with E-state index in [1.807, 2.05) is 12.1 Å². The molecule has 2 aliphatic heterocycles. The first-order chi connectivity index (χ1) is 22.0. The minimum atomic E-state index is 0.457. The maximum atomic E-state index is 5.83. The molecule has 45 heavy (non-hydrogen) atoms. The van der Waals surface area contributed by atoms with Crippen molar-refractivity contribution in [1.82, 2.24) is 29.7 Å². The molecule has 238 valence electrons. The molecule has 0 atom stereocenters. The molecular formula is C32H41BrN10OS. The van der Waals surface area contributed by atoms with Gasteiger partial charge in [-0.3, -0.25) is 14.9 Å². The highest BCUT2D eigenvalue weighted by Gasteiger charge is 2.27. The summed E-state index contributed by atoms with van der Waals surface area (Å²) in [4.78, 5) is 26.1. The van der Waals surface area contributed by atoms with Gasteiger partial charge in [0.15, 0.2) is 0 Å². The molecule has 0 unspecified atom stereocenters. The Balaban J connectivity index is 1.18. The topological polar surface area (TPSA) is 97.8 Å². The summed E-state index contributed by atoms with van der Waals surface area (Å²) in [6, 6.07) is 11.0. The molecule has 11 nitrogen and oxygen atoms in total. The largest absolute Gasteiger partial charge is 0.494 e. The van der Waals surface area contributed by atoms with Crippen molar-refractivity contribution in [1.29, 1.82) is 0 Å². The lowest BCUT2D eigenvalue weighted by molar-refractivity contribution is 0.0982. The predicted molar refractivity (Wildman–Crippen MR) is 190 cm³/mol. The van der Waals surface area contributed by atoms with E-state index >= 15 is 0 Å². The molecule has 0 bridgehead atoms. The molecule has 0 saturated carbocycles. The summed E-state index contributed by atoms with van der Waals surface area (Å²) in [5, 5.41) is 6.89. The van der Waals surface area contributed by atoms with E-state index in [0.717, 1.165) is 58.0 Å². The van der Waals surface area contributed by atoms with Gasteiger partial charge >= 0.3 is 0 Å². The van der Waals surface area contributed by atoms with Gasteiger partial charge in [-0.15, -0.1) is 0 Å². The van der Waals surface area contributed by atoms with E-state index in [0.29, 0.717) is 17.8 Å². The van der Waals surface area contributed by atoms with Gasteiger partial charge in [0.25, 0.3) is 0 Å². The Kier molecular flexibility index (Phi) is 10.1. The fourth-order valence-corrected chi connectivity index (χ4v) is 7.09. The lowest BCUT2D eigenvalue weighted by Gasteiger charge is -2.42. The van der Waals surface area contributed by atoms with Crippen molar-refractivity contribution in [3.63, 3.8) is 0 Å². The summed E-state index contributed by atoms with van der Waals surface area (Å²) in [6.45, 7) is 9.70. The first-order valence-electron chi connectivity index (χ1n) is 15.4. The van der Waals surface area contributed by atoms with Gasteiger partial charge in [-0.25, -0.2) is 4.98 Å². The highest BCUT2D eigenvalue weighted by molar-refractivity contribution is 9.10. The normalized spacial score (nSPS) is 16.6. The van der Waals surface area contributed by atoms with E-state index in [-0.39, 0.29) is 0 Å². The van der Waals surface area contributed by atoms with Gasteiger partial charge in [0.05, 0.1) is 34.2 Å². The predicted octanol–water partition coefficient (Wildman–Crippen LogP) is 6.00. The van der Waals surface area contributed by atoms with Gasteiger partial charge in [0.1, 0.15) is 17.1 Å². The third kappa shape index (κ3) is 7.06. The molecule has 2 saturated heterocycles. The van der Waals surface area contributed by atoms with Crippen LogP contribution in [0.1, 0.15) is 19.8 Å². The molecule has 0 amide bonds. The highest BCUT2D eigenvalue weighted by Crippen LogP contribution is 2.39. The zero-order chi connectivity index (χ0) is 31.3. The number of fused-ring (bicyclic) bond motifs is 1. The van der Waals surface area contributed by atoms with E-state index in [1.165, 1.54) is 44.7 Å². The van der Waals surface area contributed by atoms with E-state index in [1.54, 1.807) is 37.6 Å². The standard InChI is InChI=1S/C32H41BrN10OS/c1-5-43(45-4)30-27(9-8-26-29(30)35-13-12-34-26)37-31-24(33)21-36-32(39-31)38-25-7-6-23(20-28(25)44-3)41-14-10-22(11-15-41)42-18-16-40(2)17-19-42/h6-9,12-13,20-22H,5,10-11,14-19H2,1-4H3,(H2,36,37,38,39). The first-order valence-corrected chi connectivity index (χ1v) is 17.4. The number of ether oxygens (including phenoxy) is 1. The number of piperidine rings is 1. The molecule has 2 aromatic carbocycles. The number of hydrogen-bond donors (Lipinski definition) is 2. The fourth-order valence-electron chi connectivity index (χ4n) is 6.17. The Morgan fingerprint density at radius 1 is 0.978 bits per heavy atom. The summed E-state index contributed by atoms with van der Waals surface area (Å²) in [5.41, 5.74) is 5.49. The first kappa shape index (κ1) is 31.6. The van der Waals surface area contributed by atoms with Gasteiger partial charge in [0.2, 0.25) is 5.95 Å². The third-order valence-corrected chi connectivity index (χ3v) is 10.1. The van der Waals surface area contributed by atoms with Crippen LogP contribution in [-0.2, 0) is 0 Å². The lowest BCUT2D eigenvalue weighted by Crippen LogP contribution is -2.52. The number of piperazine rings is 1. The molecule has 2 aromatic heterocycles. The number of halogens is 1. The molecule has 4 heterocycles. The van der Waals surface area contributed by atoms with Gasteiger partial charge in [-0.2, -0.15) is 4.98 Å². The Labute approximate surface area is 278 Å². The van der Waals surface area contributed by atoms with Crippen molar-refractivity contribution in [3.8, 4) is 5.75 Å². The quantitative estimate of drug-likeness (QED) is 0.191. The van der Waals surface area contributed by atoms with Crippen LogP contribution in [0, 0.1) is 0 Å². The molecule has 0 spiro atoms. The number of nitrogens with one attached hydrogen (secondary N) is 2. The Morgan fingerprint density at radius 2 is 1.73 bits per heavy atom. The van der Waals surface area contributed by atoms with Crippen molar-refractivity contribution in [2.24, 2.45) is 0 Å². The average Bonchev–Trinajstić information content (AvgIpc) is 3.08. The van der Waals surface area contributed by atoms with Crippen molar-refractivity contribution < 1.29 is 4.74 Å². The number of hydrogen-bond acceptors (Lipinski definition) is 12. The van der Waals surface area contributed by atoms with Crippen LogP contribution in [0.2, 0.25) is 0 Å². The summed E-state index contributed by atoms with van der Waals surface area (Å²) >= 11 is 5.28. The Bertz CT molecular complexity index is 1610. The fraction of sp³-hybridized carbons (Fsp3) is 0.438. The minimum absolute atomic E-state index is 0.457. The summed E-state index contributed by atoms with van der Waals surface area (Å²) in [7, 11) is 3.92. The Morgan fingerprint density at radius 3 is 2.47 bits per heavy atom. The van der Waals surface area contributed by atoms with E-state index < -0.39 is 0 Å². The van der Waals surface area contributed by atoms with Crippen LogP contribution in [0.4, 0.5) is 34.5 Å². The monoisotopic (exact) mass is 692 g/mol. The molecule has 0 radical (unpaired) electrons. The molecule has 2 aliphatic rings. The number of anilines is 6. The number of nitrogens with zero attached hydrogens (tertiary/aromatic N) is 8. The Hall–Kier alpha value is -3.39. The van der Waals surface area contributed by atoms with E-state index in [4.69, 9.17) is 9.72 Å². The number of likely N-dealkylation sites (N-methyl/N-ethyl adjacent to an activating group) is 1. The van der Waals surface area contributed by atoms with Gasteiger partial charge < -0.3 is 29.5 Å². The smallest absolute Gasteiger partial charge is 0.229 e. The minimum Gasteiger partial charge on any atom is -0.494 e. The zero-order valence-electron chi connectivity index (χ0n) is 26.3. The van der Waals surface area contributed by atoms with Gasteiger partial charge in [-0.05, 0) is 67.0 Å². The van der Waals surface area contributed by atoms with E-state index in [2.05, 4.69) is 98.9 Å². The second kappa shape index (κ2) is 14.4. The molecule has 13 heteroatoms. The number of rotatable bonds is 10. The lowest BCUT2D eigenvalue weighted by atomic mass is 10.0. The van der Waals surface area contributed by atoms with Crippen molar-refractivity contribution >= 4 is 73.4 Å². The van der Waals surface area contributed by atoms with Crippen molar-refractivity contribution in [2.45, 2.75) is 25.8 Å².